The molecule has 4 nitrogen and oxygen atoms in total. The van der Waals surface area contributed by atoms with Crippen molar-refractivity contribution in [3.8, 4) is 5.69 Å². The lowest BCUT2D eigenvalue weighted by atomic mass is 10.3. The number of rotatable bonds is 2. The quantitative estimate of drug-likeness (QED) is 0.892. The summed E-state index contributed by atoms with van der Waals surface area (Å²) in [7, 11) is 0. The van der Waals surface area contributed by atoms with Gasteiger partial charge in [0.1, 0.15) is 5.69 Å². The van der Waals surface area contributed by atoms with Crippen LogP contribution >= 0.6 is 0 Å². The lowest BCUT2D eigenvalue weighted by Crippen LogP contribution is -2.14. The largest absolute Gasteiger partial charge is 0.450 e. The molecule has 1 amide bonds. The zero-order chi connectivity index (χ0) is 13.3. The average Bonchev–Trinajstić information content (AvgIpc) is 2.74. The molecule has 2 rings (SSSR count). The van der Waals surface area contributed by atoms with Crippen molar-refractivity contribution < 1.29 is 18.0 Å². The Morgan fingerprint density at radius 2 is 1.83 bits per heavy atom. The summed E-state index contributed by atoms with van der Waals surface area (Å²) in [5.41, 5.74) is 4.76. The van der Waals surface area contributed by atoms with Gasteiger partial charge in [0.25, 0.3) is 5.91 Å². The van der Waals surface area contributed by atoms with Gasteiger partial charge in [0.2, 0.25) is 5.82 Å². The number of aromatic nitrogens is 2. The van der Waals surface area contributed by atoms with E-state index in [1.807, 2.05) is 0 Å². The third-order valence-electron chi connectivity index (χ3n) is 2.25. The Labute approximate surface area is 99.9 Å². The molecule has 0 aliphatic heterocycles. The summed E-state index contributed by atoms with van der Waals surface area (Å²) >= 11 is 0. The molecule has 0 spiro atoms. The van der Waals surface area contributed by atoms with Gasteiger partial charge in [-0.1, -0.05) is 18.2 Å². The van der Waals surface area contributed by atoms with E-state index < -0.39 is 23.6 Å². The lowest BCUT2D eigenvalue weighted by molar-refractivity contribution is -0.145. The summed E-state index contributed by atoms with van der Waals surface area (Å²) in [5.74, 6) is -2.18. The van der Waals surface area contributed by atoms with Gasteiger partial charge >= 0.3 is 6.18 Å². The Kier molecular flexibility index (Phi) is 2.82. The number of para-hydroxylation sites is 1. The molecular weight excluding hydrogens is 247 g/mol. The summed E-state index contributed by atoms with van der Waals surface area (Å²) in [5, 5.41) is 0. The number of hydrogen-bond acceptors (Lipinski definition) is 2. The molecule has 0 radical (unpaired) electrons. The van der Waals surface area contributed by atoms with E-state index in [4.69, 9.17) is 5.73 Å². The number of nitrogens with zero attached hydrogens (tertiary/aromatic N) is 2. The molecule has 0 saturated heterocycles. The molecule has 0 atom stereocenters. The van der Waals surface area contributed by atoms with Crippen molar-refractivity contribution in [1.82, 2.24) is 9.55 Å². The molecule has 1 heterocycles. The van der Waals surface area contributed by atoms with E-state index in [2.05, 4.69) is 4.98 Å². The highest BCUT2D eigenvalue weighted by Gasteiger charge is 2.38. The van der Waals surface area contributed by atoms with Gasteiger partial charge in [0.15, 0.2) is 0 Å². The van der Waals surface area contributed by atoms with E-state index in [-0.39, 0.29) is 5.69 Å². The number of carbonyl (C=O) groups excluding carboxylic acids is 1. The maximum Gasteiger partial charge on any atom is 0.450 e. The summed E-state index contributed by atoms with van der Waals surface area (Å²) in [4.78, 5) is 14.1. The molecule has 0 unspecified atom stereocenters. The number of primary amides is 1. The zero-order valence-corrected chi connectivity index (χ0v) is 8.98. The topological polar surface area (TPSA) is 60.9 Å². The van der Waals surface area contributed by atoms with E-state index in [1.54, 1.807) is 18.2 Å². The van der Waals surface area contributed by atoms with Crippen LogP contribution < -0.4 is 5.73 Å². The fraction of sp³-hybridized carbons (Fsp3) is 0.0909. The Balaban J connectivity index is 2.62. The van der Waals surface area contributed by atoms with E-state index in [9.17, 15) is 18.0 Å². The third kappa shape index (κ3) is 2.20. The Morgan fingerprint density at radius 3 is 2.33 bits per heavy atom. The fourth-order valence-corrected chi connectivity index (χ4v) is 1.48. The predicted octanol–water partition coefficient (Wildman–Crippen LogP) is 1.99. The molecule has 0 aliphatic carbocycles. The van der Waals surface area contributed by atoms with Crippen LogP contribution in [0, 0.1) is 0 Å². The summed E-state index contributed by atoms with van der Waals surface area (Å²) in [6.45, 7) is 0. The van der Waals surface area contributed by atoms with Crippen LogP contribution in [0.15, 0.2) is 36.5 Å². The number of amides is 1. The van der Waals surface area contributed by atoms with Crippen LogP contribution in [0.4, 0.5) is 13.2 Å². The van der Waals surface area contributed by atoms with E-state index >= 15 is 0 Å². The molecule has 0 fully saturated rings. The maximum absolute atomic E-state index is 12.8. The first-order valence-corrected chi connectivity index (χ1v) is 4.91. The van der Waals surface area contributed by atoms with Gasteiger partial charge in [-0.05, 0) is 12.1 Å². The first-order valence-electron chi connectivity index (χ1n) is 4.91. The molecule has 94 valence electrons. The van der Waals surface area contributed by atoms with Crippen molar-refractivity contribution >= 4 is 5.91 Å². The molecule has 0 aliphatic rings. The molecule has 1 aromatic carbocycles. The van der Waals surface area contributed by atoms with Gasteiger partial charge in [0.05, 0.1) is 0 Å². The number of alkyl halides is 3. The monoisotopic (exact) mass is 255 g/mol. The third-order valence-corrected chi connectivity index (χ3v) is 2.25. The second-order valence-electron chi connectivity index (χ2n) is 3.52. The van der Waals surface area contributed by atoms with Crippen molar-refractivity contribution in [2.75, 3.05) is 0 Å². The van der Waals surface area contributed by atoms with Crippen LogP contribution in [0.2, 0.25) is 0 Å². The molecule has 1 aromatic heterocycles. The number of benzene rings is 1. The highest BCUT2D eigenvalue weighted by atomic mass is 19.4. The smallest absolute Gasteiger partial charge is 0.364 e. The fourth-order valence-electron chi connectivity index (χ4n) is 1.48. The van der Waals surface area contributed by atoms with Gasteiger partial charge in [-0.15, -0.1) is 0 Å². The molecule has 18 heavy (non-hydrogen) atoms. The van der Waals surface area contributed by atoms with Crippen LogP contribution in [-0.2, 0) is 6.18 Å². The first kappa shape index (κ1) is 12.2. The van der Waals surface area contributed by atoms with Crippen LogP contribution in [0.25, 0.3) is 5.69 Å². The number of nitrogens with two attached hydrogens (primary N) is 1. The maximum atomic E-state index is 12.8. The van der Waals surface area contributed by atoms with E-state index in [1.165, 1.54) is 12.1 Å². The number of hydrogen-bond donors (Lipinski definition) is 1. The van der Waals surface area contributed by atoms with E-state index in [0.717, 1.165) is 10.8 Å². The van der Waals surface area contributed by atoms with Crippen LogP contribution in [0.5, 0.6) is 0 Å². The van der Waals surface area contributed by atoms with Crippen molar-refractivity contribution in [2.24, 2.45) is 5.73 Å². The van der Waals surface area contributed by atoms with Gasteiger partial charge in [-0.25, -0.2) is 4.98 Å². The van der Waals surface area contributed by atoms with Crippen LogP contribution in [-0.4, -0.2) is 15.5 Å². The minimum atomic E-state index is -4.66. The molecule has 0 bridgehead atoms. The SMILES string of the molecule is NC(=O)c1cn(-c2ccccc2)c(C(F)(F)F)n1. The average molecular weight is 255 g/mol. The predicted molar refractivity (Wildman–Crippen MR) is 57.1 cm³/mol. The summed E-state index contributed by atoms with van der Waals surface area (Å²) in [6.07, 6.45) is -3.69. The van der Waals surface area contributed by atoms with E-state index in [0.29, 0.717) is 0 Å². The highest BCUT2D eigenvalue weighted by Crippen LogP contribution is 2.30. The molecule has 7 heteroatoms. The Hall–Kier alpha value is -2.31. The normalized spacial score (nSPS) is 11.5. The van der Waals surface area contributed by atoms with Gasteiger partial charge < -0.3 is 5.73 Å². The number of carbonyl (C=O) groups is 1. The van der Waals surface area contributed by atoms with Crippen molar-refractivity contribution in [3.05, 3.63) is 48.0 Å². The van der Waals surface area contributed by atoms with Crippen molar-refractivity contribution in [3.63, 3.8) is 0 Å². The number of halogens is 3. The standard InChI is InChI=1S/C11H8F3N3O/c12-11(13,14)10-16-8(9(15)18)6-17(10)7-4-2-1-3-5-7/h1-6H,(H2,15,18). The minimum Gasteiger partial charge on any atom is -0.364 e. The van der Waals surface area contributed by atoms with Gasteiger partial charge in [-0.2, -0.15) is 13.2 Å². The second-order valence-corrected chi connectivity index (χ2v) is 3.52. The molecular formula is C11H8F3N3O. The van der Waals surface area contributed by atoms with Gasteiger partial charge in [-0.3, -0.25) is 9.36 Å². The minimum absolute atomic E-state index is 0.254. The summed E-state index contributed by atoms with van der Waals surface area (Å²) < 4.78 is 39.1. The highest BCUT2D eigenvalue weighted by molar-refractivity contribution is 5.90. The van der Waals surface area contributed by atoms with Crippen molar-refractivity contribution in [2.45, 2.75) is 6.18 Å². The van der Waals surface area contributed by atoms with Crippen LogP contribution in [0.1, 0.15) is 16.3 Å². The number of imidazole rings is 1. The molecule has 2 N–H and O–H groups in total. The first-order chi connectivity index (χ1) is 8.39. The van der Waals surface area contributed by atoms with Crippen LogP contribution in [0.3, 0.4) is 0 Å². The second kappa shape index (κ2) is 4.17. The Bertz CT molecular complexity index is 575. The molecule has 2 aromatic rings. The van der Waals surface area contributed by atoms with Gasteiger partial charge in [0, 0.05) is 11.9 Å². The van der Waals surface area contributed by atoms with Crippen molar-refractivity contribution in [1.29, 1.82) is 0 Å². The zero-order valence-electron chi connectivity index (χ0n) is 8.98. The Morgan fingerprint density at radius 1 is 1.22 bits per heavy atom. The lowest BCUT2D eigenvalue weighted by Gasteiger charge is -2.09. The summed E-state index contributed by atoms with van der Waals surface area (Å²) in [6, 6.07) is 7.78. The molecule has 0 saturated carbocycles.